The molecule has 4 rings (SSSR count). The Balaban J connectivity index is 1.57. The molecule has 1 N–H and O–H groups in total. The number of pyridine rings is 1. The predicted octanol–water partition coefficient (Wildman–Crippen LogP) is 4.32. The Morgan fingerprint density at radius 2 is 2.00 bits per heavy atom. The SMILES string of the molecule is Cc1ccnc(NC(=O)[C@H](CC2CCCCC2)N2Cc3ccccc3C2=O)c1. The molecule has 1 aliphatic heterocycles. The third-order valence-electron chi connectivity index (χ3n) is 5.98. The number of nitrogens with zero attached hydrogens (tertiary/aromatic N) is 2. The Hall–Kier alpha value is -2.69. The minimum absolute atomic E-state index is 0.0382. The molecule has 5 heteroatoms. The highest BCUT2D eigenvalue weighted by Gasteiger charge is 2.37. The molecule has 0 spiro atoms. The summed E-state index contributed by atoms with van der Waals surface area (Å²) in [5.41, 5.74) is 2.76. The highest BCUT2D eigenvalue weighted by molar-refractivity contribution is 6.03. The number of fused-ring (bicyclic) bond motifs is 1. The maximum atomic E-state index is 13.2. The van der Waals surface area contributed by atoms with Crippen LogP contribution in [-0.4, -0.2) is 27.7 Å². The fraction of sp³-hybridized carbons (Fsp3) is 0.435. The molecule has 5 nitrogen and oxygen atoms in total. The lowest BCUT2D eigenvalue weighted by atomic mass is 9.84. The van der Waals surface area contributed by atoms with Gasteiger partial charge in [-0.05, 0) is 48.6 Å². The third-order valence-corrected chi connectivity index (χ3v) is 5.98. The van der Waals surface area contributed by atoms with Gasteiger partial charge in [0.25, 0.3) is 5.91 Å². The van der Waals surface area contributed by atoms with Gasteiger partial charge in [0.05, 0.1) is 0 Å². The monoisotopic (exact) mass is 377 g/mol. The Morgan fingerprint density at radius 3 is 2.75 bits per heavy atom. The van der Waals surface area contributed by atoms with Crippen molar-refractivity contribution in [3.05, 3.63) is 59.3 Å². The fourth-order valence-electron chi connectivity index (χ4n) is 4.46. The number of rotatable bonds is 5. The van der Waals surface area contributed by atoms with Gasteiger partial charge < -0.3 is 10.2 Å². The van der Waals surface area contributed by atoms with Crippen LogP contribution in [0.5, 0.6) is 0 Å². The molecule has 1 aromatic heterocycles. The maximum absolute atomic E-state index is 13.2. The van der Waals surface area contributed by atoms with Gasteiger partial charge in [-0.2, -0.15) is 0 Å². The smallest absolute Gasteiger partial charge is 0.255 e. The first-order chi connectivity index (χ1) is 13.6. The molecular weight excluding hydrogens is 350 g/mol. The zero-order valence-corrected chi connectivity index (χ0v) is 16.4. The Bertz CT molecular complexity index is 874. The quantitative estimate of drug-likeness (QED) is 0.844. The van der Waals surface area contributed by atoms with Crippen molar-refractivity contribution in [2.45, 2.75) is 58.0 Å². The van der Waals surface area contributed by atoms with Crippen LogP contribution in [0.15, 0.2) is 42.6 Å². The zero-order chi connectivity index (χ0) is 19.5. The molecule has 1 saturated carbocycles. The zero-order valence-electron chi connectivity index (χ0n) is 16.4. The highest BCUT2D eigenvalue weighted by Crippen LogP contribution is 2.32. The molecule has 1 atom stereocenters. The average Bonchev–Trinajstić information content (AvgIpc) is 3.03. The fourth-order valence-corrected chi connectivity index (χ4v) is 4.46. The Kier molecular flexibility index (Phi) is 5.42. The number of hydrogen-bond donors (Lipinski definition) is 1. The molecule has 0 unspecified atom stereocenters. The molecule has 2 aromatic rings. The van der Waals surface area contributed by atoms with E-state index in [1.807, 2.05) is 43.3 Å². The first-order valence-electron chi connectivity index (χ1n) is 10.2. The Morgan fingerprint density at radius 1 is 1.21 bits per heavy atom. The molecule has 0 bridgehead atoms. The van der Waals surface area contributed by atoms with Gasteiger partial charge in [0.15, 0.2) is 0 Å². The summed E-state index contributed by atoms with van der Waals surface area (Å²) in [6.07, 6.45) is 8.39. The summed E-state index contributed by atoms with van der Waals surface area (Å²) in [5.74, 6) is 0.864. The summed E-state index contributed by atoms with van der Waals surface area (Å²) in [5, 5.41) is 2.95. The van der Waals surface area contributed by atoms with E-state index >= 15 is 0 Å². The number of carbonyl (C=O) groups is 2. The van der Waals surface area contributed by atoms with Crippen LogP contribution in [0.3, 0.4) is 0 Å². The molecule has 1 aliphatic carbocycles. The van der Waals surface area contributed by atoms with Gasteiger partial charge in [-0.25, -0.2) is 4.98 Å². The number of carbonyl (C=O) groups excluding carboxylic acids is 2. The van der Waals surface area contributed by atoms with Crippen molar-refractivity contribution < 1.29 is 9.59 Å². The van der Waals surface area contributed by atoms with Gasteiger partial charge in [-0.3, -0.25) is 9.59 Å². The Labute approximate surface area is 166 Å². The first-order valence-corrected chi connectivity index (χ1v) is 10.2. The van der Waals surface area contributed by atoms with Gasteiger partial charge in [0.1, 0.15) is 11.9 Å². The van der Waals surface area contributed by atoms with E-state index < -0.39 is 6.04 Å². The molecule has 0 saturated heterocycles. The summed E-state index contributed by atoms with van der Waals surface area (Å²) in [4.78, 5) is 32.3. The van der Waals surface area contributed by atoms with Crippen LogP contribution in [0, 0.1) is 12.8 Å². The lowest BCUT2D eigenvalue weighted by Gasteiger charge is -2.31. The molecule has 2 amide bonds. The van der Waals surface area contributed by atoms with E-state index in [0.29, 0.717) is 18.3 Å². The standard InChI is InChI=1S/C23H27N3O2/c1-16-11-12-24-21(13-16)25-22(27)20(14-17-7-3-2-4-8-17)26-15-18-9-5-6-10-19(18)23(26)28/h5-6,9-13,17,20H,2-4,7-8,14-15H2,1H3,(H,24,25,27)/t20-/m0/s1. The molecule has 0 radical (unpaired) electrons. The second-order valence-electron chi connectivity index (χ2n) is 8.05. The number of hydrogen-bond acceptors (Lipinski definition) is 3. The van der Waals surface area contributed by atoms with Crippen LogP contribution in [0.4, 0.5) is 5.82 Å². The van der Waals surface area contributed by atoms with Gasteiger partial charge in [0.2, 0.25) is 5.91 Å². The minimum Gasteiger partial charge on any atom is -0.322 e. The van der Waals surface area contributed by atoms with Crippen LogP contribution in [0.2, 0.25) is 0 Å². The van der Waals surface area contributed by atoms with E-state index in [1.54, 1.807) is 11.1 Å². The summed E-state index contributed by atoms with van der Waals surface area (Å²) >= 11 is 0. The molecule has 28 heavy (non-hydrogen) atoms. The molecule has 2 aliphatic rings. The normalized spacial score (nSPS) is 18.0. The van der Waals surface area contributed by atoms with E-state index in [9.17, 15) is 9.59 Å². The van der Waals surface area contributed by atoms with E-state index in [-0.39, 0.29) is 11.8 Å². The third kappa shape index (κ3) is 3.93. The second kappa shape index (κ2) is 8.13. The van der Waals surface area contributed by atoms with Crippen molar-refractivity contribution in [2.75, 3.05) is 5.32 Å². The van der Waals surface area contributed by atoms with Crippen LogP contribution >= 0.6 is 0 Å². The van der Waals surface area contributed by atoms with Crippen LogP contribution in [-0.2, 0) is 11.3 Å². The average molecular weight is 377 g/mol. The van der Waals surface area contributed by atoms with Crippen molar-refractivity contribution in [3.8, 4) is 0 Å². The summed E-state index contributed by atoms with van der Waals surface area (Å²) in [7, 11) is 0. The number of amides is 2. The molecular formula is C23H27N3O2. The van der Waals surface area contributed by atoms with Gasteiger partial charge in [-0.15, -0.1) is 0 Å². The van der Waals surface area contributed by atoms with Gasteiger partial charge >= 0.3 is 0 Å². The van der Waals surface area contributed by atoms with Crippen molar-refractivity contribution in [1.29, 1.82) is 0 Å². The maximum Gasteiger partial charge on any atom is 0.255 e. The largest absolute Gasteiger partial charge is 0.322 e. The number of aromatic nitrogens is 1. The number of benzene rings is 1. The molecule has 1 fully saturated rings. The van der Waals surface area contributed by atoms with Crippen LogP contribution in [0.1, 0.15) is 60.0 Å². The summed E-state index contributed by atoms with van der Waals surface area (Å²) < 4.78 is 0. The van der Waals surface area contributed by atoms with Crippen molar-refractivity contribution in [2.24, 2.45) is 5.92 Å². The molecule has 1 aromatic carbocycles. The van der Waals surface area contributed by atoms with Crippen LogP contribution in [0.25, 0.3) is 0 Å². The lowest BCUT2D eigenvalue weighted by Crippen LogP contribution is -2.45. The van der Waals surface area contributed by atoms with E-state index in [0.717, 1.165) is 36.0 Å². The van der Waals surface area contributed by atoms with Crippen molar-refractivity contribution in [3.63, 3.8) is 0 Å². The molecule has 2 heterocycles. The number of anilines is 1. The van der Waals surface area contributed by atoms with Gasteiger partial charge in [0, 0.05) is 18.3 Å². The summed E-state index contributed by atoms with van der Waals surface area (Å²) in [6, 6.07) is 11.0. The van der Waals surface area contributed by atoms with Crippen LogP contribution < -0.4 is 5.32 Å². The highest BCUT2D eigenvalue weighted by atomic mass is 16.2. The van der Waals surface area contributed by atoms with E-state index in [2.05, 4.69) is 10.3 Å². The lowest BCUT2D eigenvalue weighted by molar-refractivity contribution is -0.121. The first kappa shape index (κ1) is 18.7. The topological polar surface area (TPSA) is 62.3 Å². The van der Waals surface area contributed by atoms with Crippen molar-refractivity contribution in [1.82, 2.24) is 9.88 Å². The van der Waals surface area contributed by atoms with E-state index in [4.69, 9.17) is 0 Å². The van der Waals surface area contributed by atoms with Gasteiger partial charge in [-0.1, -0.05) is 50.3 Å². The van der Waals surface area contributed by atoms with E-state index in [1.165, 1.54) is 19.3 Å². The number of nitrogens with one attached hydrogen (secondary N) is 1. The molecule has 146 valence electrons. The predicted molar refractivity (Wildman–Crippen MR) is 109 cm³/mol. The van der Waals surface area contributed by atoms with Crippen molar-refractivity contribution >= 4 is 17.6 Å². The minimum atomic E-state index is -0.467. The number of aryl methyl sites for hydroxylation is 1. The second-order valence-corrected chi connectivity index (χ2v) is 8.05. The summed E-state index contributed by atoms with van der Waals surface area (Å²) in [6.45, 7) is 2.47.